The van der Waals surface area contributed by atoms with Crippen LogP contribution < -0.4 is 11.1 Å². The number of fused-ring (bicyclic) bond motifs is 1. The zero-order chi connectivity index (χ0) is 25.4. The summed E-state index contributed by atoms with van der Waals surface area (Å²) in [7, 11) is 1.69. The van der Waals surface area contributed by atoms with Crippen molar-refractivity contribution in [2.24, 2.45) is 11.7 Å². The van der Waals surface area contributed by atoms with Gasteiger partial charge in [-0.2, -0.15) is 0 Å². The molecule has 3 atom stereocenters. The molecule has 2 aliphatic rings. The number of unbranched alkanes of at least 4 members (excludes halogenated alkanes) is 1. The average molecular weight is 518 g/mol. The number of thiophene rings is 1. The van der Waals surface area contributed by atoms with Crippen molar-refractivity contribution in [2.45, 2.75) is 75.5 Å². The molecule has 200 valence electrons. The third-order valence-corrected chi connectivity index (χ3v) is 8.83. The van der Waals surface area contributed by atoms with Crippen LogP contribution in [-0.2, 0) is 15.1 Å². The summed E-state index contributed by atoms with van der Waals surface area (Å²) in [4.78, 5) is 14.9. The summed E-state index contributed by atoms with van der Waals surface area (Å²) in [5, 5.41) is 18.4. The van der Waals surface area contributed by atoms with E-state index < -0.39 is 11.7 Å². The van der Waals surface area contributed by atoms with E-state index in [2.05, 4.69) is 22.8 Å². The molecule has 2 aromatic rings. The van der Waals surface area contributed by atoms with Gasteiger partial charge >= 0.3 is 6.03 Å². The van der Waals surface area contributed by atoms with Crippen molar-refractivity contribution >= 4 is 27.5 Å². The van der Waals surface area contributed by atoms with Crippen LogP contribution in [0.2, 0.25) is 0 Å². The molecule has 0 bridgehead atoms. The van der Waals surface area contributed by atoms with Gasteiger partial charge in [-0.25, -0.2) is 4.79 Å². The molecule has 36 heavy (non-hydrogen) atoms. The molecule has 2 heterocycles. The van der Waals surface area contributed by atoms with Crippen molar-refractivity contribution < 1.29 is 19.4 Å². The van der Waals surface area contributed by atoms with E-state index in [1.54, 1.807) is 23.3 Å². The Morgan fingerprint density at radius 1 is 1.31 bits per heavy atom. The Morgan fingerprint density at radius 2 is 2.14 bits per heavy atom. The van der Waals surface area contributed by atoms with E-state index in [1.165, 1.54) is 32.1 Å². The lowest BCUT2D eigenvalue weighted by Crippen LogP contribution is -2.57. The summed E-state index contributed by atoms with van der Waals surface area (Å²) in [6, 6.07) is 7.99. The monoisotopic (exact) mass is 517 g/mol. The summed E-state index contributed by atoms with van der Waals surface area (Å²) in [5.74, 6) is 0.687. The van der Waals surface area contributed by atoms with Gasteiger partial charge in [-0.1, -0.05) is 50.3 Å². The highest BCUT2D eigenvalue weighted by Gasteiger charge is 2.43. The minimum absolute atomic E-state index is 0.0250. The Morgan fingerprint density at radius 3 is 2.94 bits per heavy atom. The van der Waals surface area contributed by atoms with Crippen LogP contribution >= 0.6 is 11.3 Å². The number of morpholine rings is 1. The summed E-state index contributed by atoms with van der Waals surface area (Å²) >= 11 is 1.63. The second-order valence-electron chi connectivity index (χ2n) is 10.5. The predicted octanol–water partition coefficient (Wildman–Crippen LogP) is 4.61. The van der Waals surface area contributed by atoms with Crippen molar-refractivity contribution in [3.05, 3.63) is 35.2 Å². The number of benzene rings is 1. The van der Waals surface area contributed by atoms with Crippen molar-refractivity contribution in [1.82, 2.24) is 10.2 Å². The molecule has 1 aliphatic carbocycles. The summed E-state index contributed by atoms with van der Waals surface area (Å²) in [6.07, 6.45) is 9.10. The zero-order valence-corrected chi connectivity index (χ0v) is 22.4. The number of carbonyl (C=O) groups is 1. The Hall–Kier alpha value is -1.71. The molecule has 7 nitrogen and oxygen atoms in total. The lowest BCUT2D eigenvalue weighted by atomic mass is 9.82. The molecule has 8 heteroatoms. The minimum Gasteiger partial charge on any atom is -0.385 e. The first kappa shape index (κ1) is 27.3. The van der Waals surface area contributed by atoms with E-state index in [9.17, 15) is 9.90 Å². The van der Waals surface area contributed by atoms with Gasteiger partial charge in [-0.05, 0) is 48.4 Å². The number of urea groups is 1. The van der Waals surface area contributed by atoms with Gasteiger partial charge in [0.25, 0.3) is 0 Å². The number of nitrogens with zero attached hydrogens (tertiary/aromatic N) is 1. The van der Waals surface area contributed by atoms with E-state index >= 15 is 0 Å². The third kappa shape index (κ3) is 6.78. The predicted molar refractivity (Wildman–Crippen MR) is 145 cm³/mol. The average Bonchev–Trinajstić information content (AvgIpc) is 3.39. The van der Waals surface area contributed by atoms with Gasteiger partial charge in [0.05, 0.1) is 13.2 Å². The van der Waals surface area contributed by atoms with Gasteiger partial charge in [-0.3, -0.25) is 0 Å². The first-order valence-electron chi connectivity index (χ1n) is 13.6. The Labute approximate surface area is 219 Å². The lowest BCUT2D eigenvalue weighted by Gasteiger charge is -2.42. The molecule has 4 rings (SSSR count). The van der Waals surface area contributed by atoms with E-state index in [0.717, 1.165) is 34.9 Å². The number of hydrogen-bond donors (Lipinski definition) is 3. The fourth-order valence-electron chi connectivity index (χ4n) is 5.83. The van der Waals surface area contributed by atoms with Crippen molar-refractivity contribution in [3.8, 4) is 0 Å². The number of rotatable bonds is 11. The summed E-state index contributed by atoms with van der Waals surface area (Å²) in [5.41, 5.74) is 6.05. The van der Waals surface area contributed by atoms with Gasteiger partial charge in [-0.15, -0.1) is 11.3 Å². The van der Waals surface area contributed by atoms with E-state index in [4.69, 9.17) is 15.2 Å². The maximum atomic E-state index is 13.1. The molecule has 1 aromatic heterocycles. The quantitative estimate of drug-likeness (QED) is 0.378. The molecule has 2 amide bonds. The zero-order valence-electron chi connectivity index (χ0n) is 21.6. The van der Waals surface area contributed by atoms with Crippen LogP contribution in [0.3, 0.4) is 0 Å². The molecule has 0 unspecified atom stereocenters. The van der Waals surface area contributed by atoms with Crippen LogP contribution in [-0.4, -0.2) is 68.1 Å². The summed E-state index contributed by atoms with van der Waals surface area (Å²) in [6.45, 7) is 2.37. The SMILES string of the molecule is COCCCC[C@@](O)(c1cccc2ccsc12)[C@H]1CN(C(=O)NC[C@@H](N)CC2CCCCC2)CCO1. The second kappa shape index (κ2) is 13.2. The Kier molecular flexibility index (Phi) is 10.0. The van der Waals surface area contributed by atoms with Gasteiger partial charge < -0.3 is 30.5 Å². The molecular formula is C28H43N3O4S. The molecule has 1 aromatic carbocycles. The maximum absolute atomic E-state index is 13.1. The smallest absolute Gasteiger partial charge is 0.317 e. The van der Waals surface area contributed by atoms with Gasteiger partial charge in [0.1, 0.15) is 11.7 Å². The molecule has 1 saturated carbocycles. The third-order valence-electron chi connectivity index (χ3n) is 7.86. The first-order chi connectivity index (χ1) is 17.5. The van der Waals surface area contributed by atoms with E-state index in [0.29, 0.717) is 45.2 Å². The normalized spacial score (nSPS) is 21.9. The molecule has 2 fully saturated rings. The largest absolute Gasteiger partial charge is 0.385 e. The molecule has 1 saturated heterocycles. The van der Waals surface area contributed by atoms with Gasteiger partial charge in [0.15, 0.2) is 0 Å². The van der Waals surface area contributed by atoms with E-state index in [1.807, 2.05) is 12.1 Å². The highest BCUT2D eigenvalue weighted by Crippen LogP contribution is 2.40. The highest BCUT2D eigenvalue weighted by molar-refractivity contribution is 7.17. The molecular weight excluding hydrogens is 474 g/mol. The molecule has 0 spiro atoms. The second-order valence-corrected chi connectivity index (χ2v) is 11.4. The van der Waals surface area contributed by atoms with Crippen LogP contribution in [0.15, 0.2) is 29.6 Å². The molecule has 0 radical (unpaired) electrons. The number of hydrogen-bond acceptors (Lipinski definition) is 6. The van der Waals surface area contributed by atoms with Crippen LogP contribution in [0.1, 0.15) is 63.4 Å². The van der Waals surface area contributed by atoms with E-state index in [-0.39, 0.29) is 12.1 Å². The Bertz CT molecular complexity index is 963. The summed E-state index contributed by atoms with van der Waals surface area (Å²) < 4.78 is 12.5. The number of ether oxygens (including phenoxy) is 2. The number of methoxy groups -OCH3 is 1. The van der Waals surface area contributed by atoms with Gasteiger partial charge in [0.2, 0.25) is 0 Å². The number of amides is 2. The Balaban J connectivity index is 1.41. The molecule has 1 aliphatic heterocycles. The maximum Gasteiger partial charge on any atom is 0.317 e. The number of nitrogens with one attached hydrogen (secondary N) is 1. The fourth-order valence-corrected chi connectivity index (χ4v) is 6.83. The highest BCUT2D eigenvalue weighted by atomic mass is 32.1. The van der Waals surface area contributed by atoms with Crippen molar-refractivity contribution in [2.75, 3.05) is 40.0 Å². The number of nitrogens with two attached hydrogens (primary N) is 1. The molecule has 4 N–H and O–H groups in total. The van der Waals surface area contributed by atoms with Crippen LogP contribution in [0, 0.1) is 5.92 Å². The number of aliphatic hydroxyl groups is 1. The first-order valence-corrected chi connectivity index (χ1v) is 14.5. The standard InChI is InChI=1S/C28H43N3O4S/c1-34-15-6-5-13-28(33,24-11-7-10-22-12-17-36-26(22)24)25-20-31(14-16-35-25)27(32)30-19-23(29)18-21-8-3-2-4-9-21/h7,10-12,17,21,23,25,33H,2-6,8-9,13-16,18-20,29H2,1H3,(H,30,32)/t23-,25+,28+/m0/s1. The van der Waals surface area contributed by atoms with Crippen molar-refractivity contribution in [3.63, 3.8) is 0 Å². The number of carbonyl (C=O) groups excluding carboxylic acids is 1. The lowest BCUT2D eigenvalue weighted by molar-refractivity contribution is -0.145. The topological polar surface area (TPSA) is 97.1 Å². The van der Waals surface area contributed by atoms with Crippen LogP contribution in [0.4, 0.5) is 4.79 Å². The van der Waals surface area contributed by atoms with Crippen molar-refractivity contribution in [1.29, 1.82) is 0 Å². The fraction of sp³-hybridized carbons (Fsp3) is 0.679. The van der Waals surface area contributed by atoms with Gasteiger partial charge in [0, 0.05) is 43.1 Å². The minimum atomic E-state index is -1.20. The van der Waals surface area contributed by atoms with Crippen LogP contribution in [0.25, 0.3) is 10.1 Å². The van der Waals surface area contributed by atoms with Crippen LogP contribution in [0.5, 0.6) is 0 Å².